The fraction of sp³-hybridized carbons (Fsp3) is 1.00. The summed E-state index contributed by atoms with van der Waals surface area (Å²) >= 11 is 0. The zero-order chi connectivity index (χ0) is 11.5. The third kappa shape index (κ3) is 2.58. The van der Waals surface area contributed by atoms with Gasteiger partial charge in [-0.05, 0) is 46.3 Å². The van der Waals surface area contributed by atoms with Gasteiger partial charge in [-0.25, -0.2) is 0 Å². The highest BCUT2D eigenvalue weighted by atomic mass is 15.3. The Kier molecular flexibility index (Phi) is 4.22. The first kappa shape index (κ1) is 12.3. The maximum atomic E-state index is 3.39. The molecular weight excluding hydrogens is 198 g/mol. The minimum atomic E-state index is 0.724. The summed E-state index contributed by atoms with van der Waals surface area (Å²) in [6, 6.07) is 2.38. The van der Waals surface area contributed by atoms with E-state index >= 15 is 0 Å². The number of hydrogen-bond donors (Lipinski definition) is 1. The fourth-order valence-electron chi connectivity index (χ4n) is 3.06. The molecule has 1 N–H and O–H groups in total. The topological polar surface area (TPSA) is 18.5 Å². The lowest BCUT2D eigenvalue weighted by atomic mass is 9.98. The van der Waals surface area contributed by atoms with E-state index in [1.807, 2.05) is 0 Å². The van der Waals surface area contributed by atoms with Gasteiger partial charge in [-0.3, -0.25) is 4.90 Å². The van der Waals surface area contributed by atoms with Crippen LogP contribution >= 0.6 is 0 Å². The van der Waals surface area contributed by atoms with Crippen molar-refractivity contribution in [3.05, 3.63) is 0 Å². The van der Waals surface area contributed by atoms with Gasteiger partial charge in [-0.2, -0.15) is 0 Å². The third-order valence-corrected chi connectivity index (χ3v) is 4.29. The summed E-state index contributed by atoms with van der Waals surface area (Å²) in [7, 11) is 0. The van der Waals surface area contributed by atoms with E-state index in [2.05, 4.69) is 35.9 Å². The summed E-state index contributed by atoms with van der Waals surface area (Å²) in [4.78, 5) is 5.34. The van der Waals surface area contributed by atoms with Crippen LogP contribution in [0.15, 0.2) is 0 Å². The number of hydrogen-bond acceptors (Lipinski definition) is 3. The van der Waals surface area contributed by atoms with Crippen molar-refractivity contribution in [2.75, 3.05) is 32.7 Å². The molecule has 3 nitrogen and oxygen atoms in total. The first-order valence-electron chi connectivity index (χ1n) is 6.93. The molecule has 2 heterocycles. The standard InChI is InChI=1S/C13H27N3/c1-4-16(13-9-14-10-13)12-5-7-15(8-6-12)11(2)3/h11-14H,4-10H2,1-3H3. The van der Waals surface area contributed by atoms with Crippen LogP contribution < -0.4 is 5.32 Å². The second-order valence-corrected chi connectivity index (χ2v) is 5.50. The Morgan fingerprint density at radius 1 is 1.19 bits per heavy atom. The molecule has 0 atom stereocenters. The Balaban J connectivity index is 1.82. The molecular formula is C13H27N3. The molecule has 0 aromatic carbocycles. The monoisotopic (exact) mass is 225 g/mol. The molecule has 0 unspecified atom stereocenters. The maximum Gasteiger partial charge on any atom is 0.0348 e. The van der Waals surface area contributed by atoms with Crippen molar-refractivity contribution in [1.29, 1.82) is 0 Å². The Morgan fingerprint density at radius 2 is 1.81 bits per heavy atom. The number of likely N-dealkylation sites (N-methyl/N-ethyl adjacent to an activating group) is 1. The highest BCUT2D eigenvalue weighted by Gasteiger charge is 2.31. The van der Waals surface area contributed by atoms with Crippen LogP contribution in [0.25, 0.3) is 0 Å². The SMILES string of the molecule is CCN(C1CCN(C(C)C)CC1)C1CNC1. The average molecular weight is 225 g/mol. The van der Waals surface area contributed by atoms with Crippen LogP contribution in [0.1, 0.15) is 33.6 Å². The van der Waals surface area contributed by atoms with Gasteiger partial charge in [0, 0.05) is 31.2 Å². The molecule has 0 aliphatic carbocycles. The van der Waals surface area contributed by atoms with Crippen LogP contribution in [-0.2, 0) is 0 Å². The lowest BCUT2D eigenvalue weighted by molar-refractivity contribution is 0.0480. The molecule has 2 aliphatic heterocycles. The van der Waals surface area contributed by atoms with Crippen molar-refractivity contribution < 1.29 is 0 Å². The van der Waals surface area contributed by atoms with Crippen LogP contribution in [-0.4, -0.2) is 60.6 Å². The summed E-state index contributed by atoms with van der Waals surface area (Å²) in [6.07, 6.45) is 2.73. The third-order valence-electron chi connectivity index (χ3n) is 4.29. The zero-order valence-corrected chi connectivity index (χ0v) is 11.1. The van der Waals surface area contributed by atoms with Crippen molar-refractivity contribution in [3.8, 4) is 0 Å². The van der Waals surface area contributed by atoms with E-state index < -0.39 is 0 Å². The summed E-state index contributed by atoms with van der Waals surface area (Å²) < 4.78 is 0. The van der Waals surface area contributed by atoms with E-state index in [1.165, 1.54) is 45.6 Å². The zero-order valence-electron chi connectivity index (χ0n) is 11.1. The first-order chi connectivity index (χ1) is 7.72. The van der Waals surface area contributed by atoms with Gasteiger partial charge in [-0.15, -0.1) is 0 Å². The van der Waals surface area contributed by atoms with Crippen molar-refractivity contribution in [1.82, 2.24) is 15.1 Å². The van der Waals surface area contributed by atoms with Gasteiger partial charge < -0.3 is 10.2 Å². The normalized spacial score (nSPS) is 25.3. The predicted molar refractivity (Wildman–Crippen MR) is 68.8 cm³/mol. The fourth-order valence-corrected chi connectivity index (χ4v) is 3.06. The number of rotatable bonds is 4. The van der Waals surface area contributed by atoms with Crippen molar-refractivity contribution in [3.63, 3.8) is 0 Å². The first-order valence-corrected chi connectivity index (χ1v) is 6.93. The van der Waals surface area contributed by atoms with E-state index in [0.717, 1.165) is 18.1 Å². The van der Waals surface area contributed by atoms with E-state index in [0.29, 0.717) is 0 Å². The van der Waals surface area contributed by atoms with Crippen molar-refractivity contribution in [2.24, 2.45) is 0 Å². The van der Waals surface area contributed by atoms with E-state index in [1.54, 1.807) is 0 Å². The molecule has 0 aromatic rings. The van der Waals surface area contributed by atoms with E-state index in [4.69, 9.17) is 0 Å². The summed E-state index contributed by atoms with van der Waals surface area (Å²) in [5.74, 6) is 0. The maximum absolute atomic E-state index is 3.39. The Bertz CT molecular complexity index is 205. The van der Waals surface area contributed by atoms with Gasteiger partial charge in [0.2, 0.25) is 0 Å². The molecule has 2 saturated heterocycles. The molecule has 0 bridgehead atoms. The van der Waals surface area contributed by atoms with E-state index in [9.17, 15) is 0 Å². The smallest absolute Gasteiger partial charge is 0.0348 e. The molecule has 0 saturated carbocycles. The van der Waals surface area contributed by atoms with Crippen LogP contribution in [0.5, 0.6) is 0 Å². The van der Waals surface area contributed by atoms with Crippen LogP contribution in [0.4, 0.5) is 0 Å². The number of nitrogens with one attached hydrogen (secondary N) is 1. The molecule has 16 heavy (non-hydrogen) atoms. The second-order valence-electron chi connectivity index (χ2n) is 5.50. The Labute approximate surface area is 100 Å². The van der Waals surface area contributed by atoms with Gasteiger partial charge >= 0.3 is 0 Å². The lowest BCUT2D eigenvalue weighted by Crippen LogP contribution is -2.61. The second kappa shape index (κ2) is 5.48. The number of piperidine rings is 1. The number of likely N-dealkylation sites (tertiary alicyclic amines) is 1. The predicted octanol–water partition coefficient (Wildman–Crippen LogP) is 1.15. The van der Waals surface area contributed by atoms with Gasteiger partial charge in [0.1, 0.15) is 0 Å². The average Bonchev–Trinajstić information content (AvgIpc) is 2.23. The van der Waals surface area contributed by atoms with Gasteiger partial charge in [0.15, 0.2) is 0 Å². The summed E-state index contributed by atoms with van der Waals surface area (Å²) in [5.41, 5.74) is 0. The largest absolute Gasteiger partial charge is 0.314 e. The molecule has 94 valence electrons. The highest BCUT2D eigenvalue weighted by Crippen LogP contribution is 2.21. The Morgan fingerprint density at radius 3 is 2.19 bits per heavy atom. The number of nitrogens with zero attached hydrogens (tertiary/aromatic N) is 2. The minimum absolute atomic E-state index is 0.724. The Hall–Kier alpha value is -0.120. The highest BCUT2D eigenvalue weighted by molar-refractivity contribution is 4.90. The molecule has 0 spiro atoms. The molecule has 2 fully saturated rings. The molecule has 0 amide bonds. The van der Waals surface area contributed by atoms with Gasteiger partial charge in [0.25, 0.3) is 0 Å². The minimum Gasteiger partial charge on any atom is -0.314 e. The molecule has 0 aromatic heterocycles. The van der Waals surface area contributed by atoms with Gasteiger partial charge in [-0.1, -0.05) is 6.92 Å². The quantitative estimate of drug-likeness (QED) is 0.774. The molecule has 0 radical (unpaired) electrons. The van der Waals surface area contributed by atoms with Crippen LogP contribution in [0, 0.1) is 0 Å². The van der Waals surface area contributed by atoms with Crippen LogP contribution in [0.2, 0.25) is 0 Å². The van der Waals surface area contributed by atoms with E-state index in [-0.39, 0.29) is 0 Å². The lowest BCUT2D eigenvalue weighted by Gasteiger charge is -2.46. The molecule has 2 aliphatic rings. The molecule has 2 rings (SSSR count). The van der Waals surface area contributed by atoms with Gasteiger partial charge in [0.05, 0.1) is 0 Å². The van der Waals surface area contributed by atoms with Crippen molar-refractivity contribution in [2.45, 2.75) is 51.7 Å². The molecule has 3 heteroatoms. The van der Waals surface area contributed by atoms with Crippen LogP contribution in [0.3, 0.4) is 0 Å². The summed E-state index contributed by atoms with van der Waals surface area (Å²) in [6.45, 7) is 13.2. The summed E-state index contributed by atoms with van der Waals surface area (Å²) in [5, 5.41) is 3.39. The van der Waals surface area contributed by atoms with Crippen molar-refractivity contribution >= 4 is 0 Å².